The van der Waals surface area contributed by atoms with Crippen molar-refractivity contribution in [1.29, 1.82) is 0 Å². The zero-order valence-corrected chi connectivity index (χ0v) is 8.64. The van der Waals surface area contributed by atoms with Crippen LogP contribution in [0.25, 0.3) is 0 Å². The van der Waals surface area contributed by atoms with Crippen molar-refractivity contribution in [2.75, 3.05) is 0 Å². The largest absolute Gasteiger partial charge is 0.281 e. The van der Waals surface area contributed by atoms with Gasteiger partial charge in [-0.2, -0.15) is 0 Å². The van der Waals surface area contributed by atoms with Crippen molar-refractivity contribution in [3.05, 3.63) is 35.4 Å². The van der Waals surface area contributed by atoms with Crippen LogP contribution in [0, 0.1) is 6.92 Å². The van der Waals surface area contributed by atoms with Crippen molar-refractivity contribution in [3.63, 3.8) is 0 Å². The van der Waals surface area contributed by atoms with Crippen LogP contribution in [0.3, 0.4) is 0 Å². The molecule has 0 aromatic heterocycles. The summed E-state index contributed by atoms with van der Waals surface area (Å²) in [6.45, 7) is 3.97. The van der Waals surface area contributed by atoms with Crippen molar-refractivity contribution in [1.82, 2.24) is 0 Å². The fraction of sp³-hybridized carbons (Fsp3) is 0.364. The van der Waals surface area contributed by atoms with Crippen LogP contribution < -0.4 is 0 Å². The molecule has 1 aromatic carbocycles. The van der Waals surface area contributed by atoms with Crippen LogP contribution in [0.2, 0.25) is 0 Å². The smallest absolute Gasteiger partial charge is 0.229 e. The summed E-state index contributed by atoms with van der Waals surface area (Å²) in [6.07, 6.45) is 0.757. The third-order valence-electron chi connectivity index (χ3n) is 2.25. The summed E-state index contributed by atoms with van der Waals surface area (Å²) >= 11 is 5.51. The van der Waals surface area contributed by atoms with E-state index in [9.17, 15) is 4.79 Å². The van der Waals surface area contributed by atoms with E-state index in [0.29, 0.717) is 0 Å². The van der Waals surface area contributed by atoms with Crippen LogP contribution in [-0.2, 0) is 4.79 Å². The molecule has 1 nitrogen and oxygen atoms in total. The Hall–Kier alpha value is -0.820. The fourth-order valence-electron chi connectivity index (χ4n) is 1.48. The Balaban J connectivity index is 3.04. The summed E-state index contributed by atoms with van der Waals surface area (Å²) in [5.41, 5.74) is 2.17. The molecule has 13 heavy (non-hydrogen) atoms. The van der Waals surface area contributed by atoms with Crippen molar-refractivity contribution in [3.8, 4) is 0 Å². The number of carbonyl (C=O) groups is 1. The molecule has 1 rings (SSSR count). The Morgan fingerprint density at radius 3 is 2.54 bits per heavy atom. The van der Waals surface area contributed by atoms with Gasteiger partial charge < -0.3 is 0 Å². The van der Waals surface area contributed by atoms with E-state index in [4.69, 9.17) is 11.6 Å². The molecular formula is C11H13ClO. The van der Waals surface area contributed by atoms with Crippen molar-refractivity contribution < 1.29 is 4.79 Å². The molecule has 0 bridgehead atoms. The highest BCUT2D eigenvalue weighted by Crippen LogP contribution is 2.24. The van der Waals surface area contributed by atoms with Crippen LogP contribution in [-0.4, -0.2) is 5.24 Å². The van der Waals surface area contributed by atoms with Gasteiger partial charge in [-0.05, 0) is 36.1 Å². The molecule has 0 saturated carbocycles. The average Bonchev–Trinajstić information content (AvgIpc) is 2.09. The van der Waals surface area contributed by atoms with Gasteiger partial charge in [-0.15, -0.1) is 0 Å². The molecule has 1 unspecified atom stereocenters. The maximum atomic E-state index is 11.1. The predicted molar refractivity (Wildman–Crippen MR) is 55.1 cm³/mol. The molecule has 70 valence electrons. The zero-order valence-electron chi connectivity index (χ0n) is 7.88. The molecule has 1 aromatic rings. The molecule has 0 aliphatic heterocycles. The van der Waals surface area contributed by atoms with Crippen LogP contribution in [0.1, 0.15) is 30.4 Å². The van der Waals surface area contributed by atoms with Gasteiger partial charge in [-0.25, -0.2) is 0 Å². The number of benzene rings is 1. The number of carbonyl (C=O) groups excluding carboxylic acids is 1. The fourth-order valence-corrected chi connectivity index (χ4v) is 1.75. The van der Waals surface area contributed by atoms with Crippen LogP contribution >= 0.6 is 11.6 Å². The Morgan fingerprint density at radius 1 is 1.46 bits per heavy atom. The second-order valence-electron chi connectivity index (χ2n) is 3.12. The van der Waals surface area contributed by atoms with E-state index in [0.717, 1.165) is 17.5 Å². The molecule has 0 N–H and O–H groups in total. The van der Waals surface area contributed by atoms with Crippen molar-refractivity contribution in [2.24, 2.45) is 0 Å². The van der Waals surface area contributed by atoms with Gasteiger partial charge in [0.1, 0.15) is 0 Å². The molecule has 0 aliphatic rings. The standard InChI is InChI=1S/C11H13ClO/c1-3-9(11(12)13)10-7-5-4-6-8(10)2/h4-7,9H,3H2,1-2H3. The minimum absolute atomic E-state index is 0.150. The highest BCUT2D eigenvalue weighted by molar-refractivity contribution is 6.64. The van der Waals surface area contributed by atoms with E-state index in [2.05, 4.69) is 0 Å². The molecule has 2 heteroatoms. The number of hydrogen-bond acceptors (Lipinski definition) is 1. The lowest BCUT2D eigenvalue weighted by atomic mass is 9.94. The quantitative estimate of drug-likeness (QED) is 0.679. The van der Waals surface area contributed by atoms with E-state index in [1.165, 1.54) is 0 Å². The lowest BCUT2D eigenvalue weighted by Gasteiger charge is -2.12. The van der Waals surface area contributed by atoms with Crippen molar-refractivity contribution >= 4 is 16.8 Å². The van der Waals surface area contributed by atoms with Gasteiger partial charge >= 0.3 is 0 Å². The first kappa shape index (κ1) is 10.3. The minimum atomic E-state index is -0.267. The summed E-state index contributed by atoms with van der Waals surface area (Å²) in [7, 11) is 0. The van der Waals surface area contributed by atoms with Gasteiger partial charge in [0.05, 0.1) is 5.92 Å². The van der Waals surface area contributed by atoms with Gasteiger partial charge in [-0.3, -0.25) is 4.79 Å². The van der Waals surface area contributed by atoms with Gasteiger partial charge in [-0.1, -0.05) is 31.2 Å². The lowest BCUT2D eigenvalue weighted by molar-refractivity contribution is -0.113. The topological polar surface area (TPSA) is 17.1 Å². The number of halogens is 1. The monoisotopic (exact) mass is 196 g/mol. The molecule has 0 radical (unpaired) electrons. The highest BCUT2D eigenvalue weighted by atomic mass is 35.5. The van der Waals surface area contributed by atoms with Crippen LogP contribution in [0.15, 0.2) is 24.3 Å². The number of rotatable bonds is 3. The van der Waals surface area contributed by atoms with Gasteiger partial charge in [0, 0.05) is 0 Å². The summed E-state index contributed by atoms with van der Waals surface area (Å²) < 4.78 is 0. The molecule has 0 aliphatic carbocycles. The Morgan fingerprint density at radius 2 is 2.08 bits per heavy atom. The summed E-state index contributed by atoms with van der Waals surface area (Å²) in [5.74, 6) is -0.150. The average molecular weight is 197 g/mol. The molecule has 0 fully saturated rings. The zero-order chi connectivity index (χ0) is 9.84. The third-order valence-corrected chi connectivity index (χ3v) is 2.51. The first-order chi connectivity index (χ1) is 6.16. The summed E-state index contributed by atoms with van der Waals surface area (Å²) in [4.78, 5) is 11.1. The van der Waals surface area contributed by atoms with Gasteiger partial charge in [0.15, 0.2) is 0 Å². The Labute approximate surface area is 83.7 Å². The SMILES string of the molecule is CCC(C(=O)Cl)c1ccccc1C. The number of aryl methyl sites for hydroxylation is 1. The van der Waals surface area contributed by atoms with E-state index < -0.39 is 0 Å². The molecular weight excluding hydrogens is 184 g/mol. The lowest BCUT2D eigenvalue weighted by Crippen LogP contribution is -2.06. The molecule has 0 amide bonds. The second-order valence-corrected chi connectivity index (χ2v) is 3.49. The van der Waals surface area contributed by atoms with E-state index in [-0.39, 0.29) is 11.2 Å². The summed E-state index contributed by atoms with van der Waals surface area (Å²) in [6, 6.07) is 7.86. The maximum absolute atomic E-state index is 11.1. The van der Waals surface area contributed by atoms with E-state index >= 15 is 0 Å². The summed E-state index contributed by atoms with van der Waals surface area (Å²) in [5, 5.41) is -0.267. The highest BCUT2D eigenvalue weighted by Gasteiger charge is 2.17. The first-order valence-electron chi connectivity index (χ1n) is 4.41. The molecule has 1 atom stereocenters. The van der Waals surface area contributed by atoms with Crippen LogP contribution in [0.5, 0.6) is 0 Å². The molecule has 0 saturated heterocycles. The van der Waals surface area contributed by atoms with E-state index in [1.54, 1.807) is 0 Å². The molecule has 0 heterocycles. The van der Waals surface area contributed by atoms with Crippen LogP contribution in [0.4, 0.5) is 0 Å². The number of hydrogen-bond donors (Lipinski definition) is 0. The second kappa shape index (κ2) is 4.43. The van der Waals surface area contributed by atoms with Gasteiger partial charge in [0.25, 0.3) is 0 Å². The first-order valence-corrected chi connectivity index (χ1v) is 4.79. The van der Waals surface area contributed by atoms with Gasteiger partial charge in [0.2, 0.25) is 5.24 Å². The predicted octanol–water partition coefficient (Wildman–Crippen LogP) is 3.25. The third kappa shape index (κ3) is 2.31. The van der Waals surface area contributed by atoms with Crippen molar-refractivity contribution in [2.45, 2.75) is 26.2 Å². The van der Waals surface area contributed by atoms with E-state index in [1.807, 2.05) is 38.1 Å². The Kier molecular flexibility index (Phi) is 3.49. The maximum Gasteiger partial charge on any atom is 0.229 e. The normalized spacial score (nSPS) is 12.5. The Bertz CT molecular complexity index is 307. The minimum Gasteiger partial charge on any atom is -0.281 e. The molecule has 0 spiro atoms.